The van der Waals surface area contributed by atoms with Crippen LogP contribution in [-0.4, -0.2) is 18.5 Å². The summed E-state index contributed by atoms with van der Waals surface area (Å²) >= 11 is 0. The van der Waals surface area contributed by atoms with Crippen LogP contribution in [0.4, 0.5) is 0 Å². The smallest absolute Gasteiger partial charge is 0.162 e. The van der Waals surface area contributed by atoms with Gasteiger partial charge < -0.3 is 9.47 Å². The molecule has 0 saturated carbocycles. The third-order valence-electron chi connectivity index (χ3n) is 2.43. The summed E-state index contributed by atoms with van der Waals surface area (Å²) in [5, 5.41) is 0. The van der Waals surface area contributed by atoms with E-state index in [0.717, 1.165) is 12.7 Å². The molecule has 1 rings (SSSR count). The number of carbonyl (C=O) groups excluding carboxylic acids is 1. The van der Waals surface area contributed by atoms with E-state index in [4.69, 9.17) is 9.47 Å². The highest BCUT2D eigenvalue weighted by Crippen LogP contribution is 2.32. The van der Waals surface area contributed by atoms with Crippen LogP contribution in [0, 0.1) is 0 Å². The van der Waals surface area contributed by atoms with Crippen LogP contribution in [0.3, 0.4) is 0 Å². The third-order valence-corrected chi connectivity index (χ3v) is 2.43. The van der Waals surface area contributed by atoms with Gasteiger partial charge in [0.25, 0.3) is 0 Å². The molecule has 98 valence electrons. The molecule has 3 heteroatoms. The second-order valence-electron chi connectivity index (χ2n) is 4.61. The molecule has 0 saturated heterocycles. The van der Waals surface area contributed by atoms with Crippen molar-refractivity contribution in [3.63, 3.8) is 0 Å². The average Bonchev–Trinajstić information content (AvgIpc) is 2.31. The summed E-state index contributed by atoms with van der Waals surface area (Å²) in [4.78, 5) is 10.8. The van der Waals surface area contributed by atoms with E-state index in [1.807, 2.05) is 26.8 Å². The standard InChI is InChI=1S/C15H20O3/c1-5-9-15(3,4)18-13-8-7-12(11-16)10-14(13)17-6-2/h5,7-8,10-11H,1,6,9H2,2-4H3. The quantitative estimate of drug-likeness (QED) is 0.546. The van der Waals surface area contributed by atoms with Crippen molar-refractivity contribution >= 4 is 6.29 Å². The lowest BCUT2D eigenvalue weighted by Gasteiger charge is -2.26. The van der Waals surface area contributed by atoms with Crippen LogP contribution in [0.2, 0.25) is 0 Å². The Labute approximate surface area is 108 Å². The fraction of sp³-hybridized carbons (Fsp3) is 0.400. The number of aldehydes is 1. The number of benzene rings is 1. The van der Waals surface area contributed by atoms with Crippen LogP contribution in [0.1, 0.15) is 37.6 Å². The minimum Gasteiger partial charge on any atom is -0.490 e. The van der Waals surface area contributed by atoms with Gasteiger partial charge in [-0.3, -0.25) is 4.79 Å². The maximum absolute atomic E-state index is 10.8. The van der Waals surface area contributed by atoms with Crippen LogP contribution in [-0.2, 0) is 0 Å². The lowest BCUT2D eigenvalue weighted by Crippen LogP contribution is -2.27. The zero-order chi connectivity index (χ0) is 13.6. The molecule has 1 aromatic rings. The van der Waals surface area contributed by atoms with E-state index in [1.165, 1.54) is 0 Å². The molecule has 0 heterocycles. The first-order valence-corrected chi connectivity index (χ1v) is 6.04. The second kappa shape index (κ2) is 6.24. The first-order valence-electron chi connectivity index (χ1n) is 6.04. The summed E-state index contributed by atoms with van der Waals surface area (Å²) < 4.78 is 11.4. The Morgan fingerprint density at radius 2 is 2.06 bits per heavy atom. The first-order chi connectivity index (χ1) is 8.52. The molecule has 0 atom stereocenters. The predicted molar refractivity (Wildman–Crippen MR) is 72.5 cm³/mol. The molecule has 0 aliphatic rings. The Morgan fingerprint density at radius 3 is 2.61 bits per heavy atom. The van der Waals surface area contributed by atoms with Gasteiger partial charge in [0.2, 0.25) is 0 Å². The van der Waals surface area contributed by atoms with Gasteiger partial charge >= 0.3 is 0 Å². The fourth-order valence-corrected chi connectivity index (χ4v) is 1.64. The monoisotopic (exact) mass is 248 g/mol. The molecule has 3 nitrogen and oxygen atoms in total. The van der Waals surface area contributed by atoms with E-state index in [9.17, 15) is 4.79 Å². The average molecular weight is 248 g/mol. The highest BCUT2D eigenvalue weighted by molar-refractivity contribution is 5.76. The molecule has 0 aliphatic heterocycles. The summed E-state index contributed by atoms with van der Waals surface area (Å²) in [6.07, 6.45) is 3.34. The van der Waals surface area contributed by atoms with Crippen LogP contribution in [0.5, 0.6) is 11.5 Å². The summed E-state index contributed by atoms with van der Waals surface area (Å²) in [6, 6.07) is 5.17. The van der Waals surface area contributed by atoms with Gasteiger partial charge in [-0.05, 0) is 39.0 Å². The normalized spacial score (nSPS) is 10.8. The van der Waals surface area contributed by atoms with E-state index < -0.39 is 0 Å². The molecule has 0 aliphatic carbocycles. The van der Waals surface area contributed by atoms with Crippen LogP contribution >= 0.6 is 0 Å². The topological polar surface area (TPSA) is 35.5 Å². The molecule has 0 unspecified atom stereocenters. The van der Waals surface area contributed by atoms with Crippen LogP contribution < -0.4 is 9.47 Å². The van der Waals surface area contributed by atoms with Gasteiger partial charge in [-0.2, -0.15) is 0 Å². The van der Waals surface area contributed by atoms with E-state index in [2.05, 4.69) is 6.58 Å². The van der Waals surface area contributed by atoms with Gasteiger partial charge in [0.05, 0.1) is 6.61 Å². The Hall–Kier alpha value is -1.77. The number of ether oxygens (including phenoxy) is 2. The van der Waals surface area contributed by atoms with Gasteiger partial charge in [0.15, 0.2) is 11.5 Å². The summed E-state index contributed by atoms with van der Waals surface area (Å²) in [5.41, 5.74) is 0.225. The second-order valence-corrected chi connectivity index (χ2v) is 4.61. The van der Waals surface area contributed by atoms with E-state index in [0.29, 0.717) is 23.7 Å². The largest absolute Gasteiger partial charge is 0.490 e. The van der Waals surface area contributed by atoms with E-state index in [1.54, 1.807) is 18.2 Å². The first kappa shape index (κ1) is 14.3. The molecule has 0 aromatic heterocycles. The maximum atomic E-state index is 10.8. The summed E-state index contributed by atoms with van der Waals surface area (Å²) in [5.74, 6) is 1.24. The van der Waals surface area contributed by atoms with Crippen molar-refractivity contribution in [1.82, 2.24) is 0 Å². The van der Waals surface area contributed by atoms with Crippen molar-refractivity contribution in [2.24, 2.45) is 0 Å². The van der Waals surface area contributed by atoms with Crippen LogP contribution in [0.25, 0.3) is 0 Å². The Kier molecular flexibility index (Phi) is 4.95. The van der Waals surface area contributed by atoms with E-state index in [-0.39, 0.29) is 5.60 Å². The fourth-order valence-electron chi connectivity index (χ4n) is 1.64. The van der Waals surface area contributed by atoms with Gasteiger partial charge in [-0.25, -0.2) is 0 Å². The van der Waals surface area contributed by atoms with Crippen molar-refractivity contribution in [1.29, 1.82) is 0 Å². The zero-order valence-electron chi connectivity index (χ0n) is 11.2. The van der Waals surface area contributed by atoms with Gasteiger partial charge in [0, 0.05) is 12.0 Å². The highest BCUT2D eigenvalue weighted by atomic mass is 16.5. The predicted octanol–water partition coefficient (Wildman–Crippen LogP) is 3.63. The molecule has 0 amide bonds. The molecule has 0 spiro atoms. The van der Waals surface area contributed by atoms with Gasteiger partial charge in [-0.15, -0.1) is 6.58 Å². The molecule has 0 fully saturated rings. The Bertz CT molecular complexity index is 422. The number of carbonyl (C=O) groups is 1. The maximum Gasteiger partial charge on any atom is 0.162 e. The molecule has 18 heavy (non-hydrogen) atoms. The highest BCUT2D eigenvalue weighted by Gasteiger charge is 2.20. The van der Waals surface area contributed by atoms with Crippen molar-refractivity contribution in [3.8, 4) is 11.5 Å². The number of rotatable bonds is 7. The molecular formula is C15H20O3. The molecule has 1 aromatic carbocycles. The number of hydrogen-bond acceptors (Lipinski definition) is 3. The Morgan fingerprint density at radius 1 is 1.33 bits per heavy atom. The minimum atomic E-state index is -0.351. The Balaban J connectivity index is 2.99. The van der Waals surface area contributed by atoms with Crippen molar-refractivity contribution in [2.75, 3.05) is 6.61 Å². The van der Waals surface area contributed by atoms with Gasteiger partial charge in [-0.1, -0.05) is 6.08 Å². The minimum absolute atomic E-state index is 0.351. The van der Waals surface area contributed by atoms with E-state index >= 15 is 0 Å². The summed E-state index contributed by atoms with van der Waals surface area (Å²) in [7, 11) is 0. The third kappa shape index (κ3) is 3.91. The molecule has 0 radical (unpaired) electrons. The molecule has 0 N–H and O–H groups in total. The summed E-state index contributed by atoms with van der Waals surface area (Å²) in [6.45, 7) is 10.1. The lowest BCUT2D eigenvalue weighted by molar-refractivity contribution is 0.107. The van der Waals surface area contributed by atoms with Gasteiger partial charge in [0.1, 0.15) is 11.9 Å². The molecular weight excluding hydrogens is 228 g/mol. The van der Waals surface area contributed by atoms with Crippen molar-refractivity contribution < 1.29 is 14.3 Å². The lowest BCUT2D eigenvalue weighted by atomic mass is 10.1. The van der Waals surface area contributed by atoms with Crippen molar-refractivity contribution in [3.05, 3.63) is 36.4 Å². The van der Waals surface area contributed by atoms with Crippen LogP contribution in [0.15, 0.2) is 30.9 Å². The molecule has 0 bridgehead atoms. The zero-order valence-corrected chi connectivity index (χ0v) is 11.2. The SMILES string of the molecule is C=CCC(C)(C)Oc1ccc(C=O)cc1OCC. The number of hydrogen-bond donors (Lipinski definition) is 0. The van der Waals surface area contributed by atoms with Crippen molar-refractivity contribution in [2.45, 2.75) is 32.8 Å².